The number of nitrogens with one attached hydrogen (secondary N) is 3. The van der Waals surface area contributed by atoms with Gasteiger partial charge in [-0.2, -0.15) is 0 Å². The van der Waals surface area contributed by atoms with E-state index in [0.717, 1.165) is 16.6 Å². The molecule has 3 aromatic rings. The summed E-state index contributed by atoms with van der Waals surface area (Å²) in [5, 5.41) is 3.53. The maximum absolute atomic E-state index is 12.0. The van der Waals surface area contributed by atoms with E-state index in [0.29, 0.717) is 17.1 Å². The molecular weight excluding hydrogens is 302 g/mol. The highest BCUT2D eigenvalue weighted by Crippen LogP contribution is 2.11. The molecule has 0 spiro atoms. The quantitative estimate of drug-likeness (QED) is 0.691. The first-order chi connectivity index (χ1) is 10.6. The number of halogens is 1. The molecular formula is C16H14ClN3O2. The van der Waals surface area contributed by atoms with Crippen molar-refractivity contribution >= 4 is 28.5 Å². The van der Waals surface area contributed by atoms with Gasteiger partial charge in [0.05, 0.1) is 17.5 Å². The summed E-state index contributed by atoms with van der Waals surface area (Å²) in [6, 6.07) is 12.7. The molecule has 0 unspecified atom stereocenters. The van der Waals surface area contributed by atoms with Gasteiger partial charge in [-0.3, -0.25) is 4.79 Å². The second-order valence-electron chi connectivity index (χ2n) is 5.04. The van der Waals surface area contributed by atoms with Crippen LogP contribution in [0.2, 0.25) is 5.02 Å². The molecule has 0 radical (unpaired) electrons. The number of benzene rings is 2. The van der Waals surface area contributed by atoms with Crippen LogP contribution in [0.15, 0.2) is 47.3 Å². The number of carbonyl (C=O) groups excluding carboxylic acids is 1. The molecule has 0 fully saturated rings. The van der Waals surface area contributed by atoms with Crippen molar-refractivity contribution in [1.29, 1.82) is 0 Å². The van der Waals surface area contributed by atoms with Crippen molar-refractivity contribution in [2.24, 2.45) is 0 Å². The Morgan fingerprint density at radius 1 is 1.00 bits per heavy atom. The van der Waals surface area contributed by atoms with Gasteiger partial charge in [0, 0.05) is 11.6 Å². The fourth-order valence-electron chi connectivity index (χ4n) is 2.24. The van der Waals surface area contributed by atoms with Crippen molar-refractivity contribution in [3.05, 3.63) is 69.1 Å². The lowest BCUT2D eigenvalue weighted by molar-refractivity contribution is -0.120. The molecule has 0 saturated carbocycles. The van der Waals surface area contributed by atoms with Gasteiger partial charge in [0.1, 0.15) is 0 Å². The first-order valence-corrected chi connectivity index (χ1v) is 7.20. The third-order valence-electron chi connectivity index (χ3n) is 3.35. The minimum Gasteiger partial charge on any atom is -0.352 e. The lowest BCUT2D eigenvalue weighted by Crippen LogP contribution is -2.24. The van der Waals surface area contributed by atoms with E-state index in [4.69, 9.17) is 11.6 Å². The van der Waals surface area contributed by atoms with Crippen molar-refractivity contribution in [2.75, 3.05) is 0 Å². The van der Waals surface area contributed by atoms with Crippen LogP contribution in [-0.4, -0.2) is 15.9 Å². The summed E-state index contributed by atoms with van der Waals surface area (Å²) in [7, 11) is 0. The van der Waals surface area contributed by atoms with Gasteiger partial charge < -0.3 is 15.3 Å². The molecule has 1 amide bonds. The van der Waals surface area contributed by atoms with Crippen LogP contribution < -0.4 is 11.0 Å². The second-order valence-corrected chi connectivity index (χ2v) is 5.48. The first kappa shape index (κ1) is 14.4. The summed E-state index contributed by atoms with van der Waals surface area (Å²) in [5.41, 5.74) is 3.02. The number of imidazole rings is 1. The Balaban J connectivity index is 1.62. The summed E-state index contributed by atoms with van der Waals surface area (Å²) in [4.78, 5) is 28.5. The number of rotatable bonds is 4. The zero-order valence-corrected chi connectivity index (χ0v) is 12.4. The van der Waals surface area contributed by atoms with Gasteiger partial charge in [-0.25, -0.2) is 4.79 Å². The van der Waals surface area contributed by atoms with Crippen molar-refractivity contribution in [2.45, 2.75) is 13.0 Å². The standard InChI is InChI=1S/C16H14ClN3O2/c17-12-4-1-10(2-5-12)9-18-15(21)8-11-3-6-13-14(7-11)20-16(22)19-13/h1-7H,8-9H2,(H,18,21)(H2,19,20,22). The minimum atomic E-state index is -0.251. The highest BCUT2D eigenvalue weighted by molar-refractivity contribution is 6.30. The SMILES string of the molecule is O=C(Cc1ccc2[nH]c(=O)[nH]c2c1)NCc1ccc(Cl)cc1. The summed E-state index contributed by atoms with van der Waals surface area (Å²) >= 11 is 5.82. The number of hydrogen-bond acceptors (Lipinski definition) is 2. The van der Waals surface area contributed by atoms with E-state index in [-0.39, 0.29) is 18.0 Å². The fraction of sp³-hybridized carbons (Fsp3) is 0.125. The number of hydrogen-bond donors (Lipinski definition) is 3. The molecule has 22 heavy (non-hydrogen) atoms. The van der Waals surface area contributed by atoms with E-state index in [1.807, 2.05) is 18.2 Å². The highest BCUT2D eigenvalue weighted by Gasteiger charge is 2.05. The summed E-state index contributed by atoms with van der Waals surface area (Å²) < 4.78 is 0. The highest BCUT2D eigenvalue weighted by atomic mass is 35.5. The van der Waals surface area contributed by atoms with Crippen LogP contribution in [0.4, 0.5) is 0 Å². The predicted octanol–water partition coefficient (Wildman–Crippen LogP) is 2.37. The van der Waals surface area contributed by atoms with E-state index in [1.165, 1.54) is 0 Å². The Morgan fingerprint density at radius 2 is 1.68 bits per heavy atom. The minimum absolute atomic E-state index is 0.0767. The lowest BCUT2D eigenvalue weighted by Gasteiger charge is -2.06. The fourth-order valence-corrected chi connectivity index (χ4v) is 2.37. The number of amides is 1. The topological polar surface area (TPSA) is 77.8 Å². The Morgan fingerprint density at radius 3 is 2.45 bits per heavy atom. The molecule has 6 heteroatoms. The molecule has 3 N–H and O–H groups in total. The molecule has 0 bridgehead atoms. The van der Waals surface area contributed by atoms with Crippen LogP contribution in [-0.2, 0) is 17.8 Å². The van der Waals surface area contributed by atoms with Gasteiger partial charge in [-0.05, 0) is 35.4 Å². The molecule has 1 heterocycles. The lowest BCUT2D eigenvalue weighted by atomic mass is 10.1. The van der Waals surface area contributed by atoms with Crippen LogP contribution in [0.25, 0.3) is 11.0 Å². The Labute approximate surface area is 131 Å². The van der Waals surface area contributed by atoms with E-state index in [1.54, 1.807) is 24.3 Å². The van der Waals surface area contributed by atoms with Gasteiger partial charge in [0.15, 0.2) is 0 Å². The molecule has 0 aliphatic carbocycles. The van der Waals surface area contributed by atoms with Gasteiger partial charge in [-0.15, -0.1) is 0 Å². The van der Waals surface area contributed by atoms with E-state index in [2.05, 4.69) is 15.3 Å². The molecule has 0 aliphatic rings. The molecule has 2 aromatic carbocycles. The van der Waals surface area contributed by atoms with Crippen molar-refractivity contribution < 1.29 is 4.79 Å². The molecule has 112 valence electrons. The predicted molar refractivity (Wildman–Crippen MR) is 85.9 cm³/mol. The molecule has 0 saturated heterocycles. The number of aromatic nitrogens is 2. The first-order valence-electron chi connectivity index (χ1n) is 6.82. The molecule has 0 atom stereocenters. The average molecular weight is 316 g/mol. The smallest absolute Gasteiger partial charge is 0.323 e. The largest absolute Gasteiger partial charge is 0.352 e. The maximum atomic E-state index is 12.0. The Bertz CT molecular complexity index is 865. The Hall–Kier alpha value is -2.53. The molecule has 5 nitrogen and oxygen atoms in total. The number of fused-ring (bicyclic) bond motifs is 1. The van der Waals surface area contributed by atoms with Crippen LogP contribution in [0.1, 0.15) is 11.1 Å². The van der Waals surface area contributed by atoms with E-state index in [9.17, 15) is 9.59 Å². The monoisotopic (exact) mass is 315 g/mol. The van der Waals surface area contributed by atoms with E-state index >= 15 is 0 Å². The Kier molecular flexibility index (Phi) is 3.98. The molecule has 3 rings (SSSR count). The summed E-state index contributed by atoms with van der Waals surface area (Å²) in [6.45, 7) is 0.458. The van der Waals surface area contributed by atoms with Crippen LogP contribution >= 0.6 is 11.6 Å². The summed E-state index contributed by atoms with van der Waals surface area (Å²) in [5.74, 6) is -0.0767. The third kappa shape index (κ3) is 3.38. The molecule has 1 aromatic heterocycles. The molecule has 0 aliphatic heterocycles. The van der Waals surface area contributed by atoms with Crippen LogP contribution in [0, 0.1) is 0 Å². The van der Waals surface area contributed by atoms with Crippen molar-refractivity contribution in [1.82, 2.24) is 15.3 Å². The van der Waals surface area contributed by atoms with Gasteiger partial charge in [0.2, 0.25) is 5.91 Å². The zero-order chi connectivity index (χ0) is 15.5. The third-order valence-corrected chi connectivity index (χ3v) is 3.60. The average Bonchev–Trinajstić information content (AvgIpc) is 2.86. The van der Waals surface area contributed by atoms with Gasteiger partial charge in [-0.1, -0.05) is 29.8 Å². The zero-order valence-electron chi connectivity index (χ0n) is 11.7. The van der Waals surface area contributed by atoms with Crippen LogP contribution in [0.3, 0.4) is 0 Å². The number of H-pyrrole nitrogens is 2. The second kappa shape index (κ2) is 6.07. The van der Waals surface area contributed by atoms with Gasteiger partial charge >= 0.3 is 5.69 Å². The van der Waals surface area contributed by atoms with Gasteiger partial charge in [0.25, 0.3) is 0 Å². The van der Waals surface area contributed by atoms with Crippen molar-refractivity contribution in [3.8, 4) is 0 Å². The number of carbonyl (C=O) groups is 1. The van der Waals surface area contributed by atoms with Crippen molar-refractivity contribution in [3.63, 3.8) is 0 Å². The summed E-state index contributed by atoms with van der Waals surface area (Å²) in [6.07, 6.45) is 0.261. The number of aromatic amines is 2. The maximum Gasteiger partial charge on any atom is 0.323 e. The van der Waals surface area contributed by atoms with E-state index < -0.39 is 0 Å². The van der Waals surface area contributed by atoms with Crippen LogP contribution in [0.5, 0.6) is 0 Å². The normalized spacial score (nSPS) is 10.8.